The van der Waals surface area contributed by atoms with Crippen molar-refractivity contribution in [1.29, 1.82) is 0 Å². The standard InChI is InChI=1S/C19H24BrNO3/c20-12-18(22)17-11-10-15-8-4-5-9-16(15)21(17)19(23)24-13-14-6-2-1-3-7-14/h1-3,6-7,15-17H,4-5,8-13H2. The number of ether oxygens (including phenoxy) is 1. The third kappa shape index (κ3) is 3.82. The van der Waals surface area contributed by atoms with Crippen molar-refractivity contribution in [3.8, 4) is 0 Å². The van der Waals surface area contributed by atoms with Crippen LogP contribution in [0, 0.1) is 5.92 Å². The van der Waals surface area contributed by atoms with E-state index in [1.807, 2.05) is 30.3 Å². The largest absolute Gasteiger partial charge is 0.445 e. The van der Waals surface area contributed by atoms with Crippen molar-refractivity contribution in [3.05, 3.63) is 35.9 Å². The molecule has 2 aliphatic rings. The highest BCUT2D eigenvalue weighted by molar-refractivity contribution is 9.09. The fourth-order valence-electron chi connectivity index (χ4n) is 4.09. The van der Waals surface area contributed by atoms with Crippen LogP contribution in [0.25, 0.3) is 0 Å². The van der Waals surface area contributed by atoms with Crippen LogP contribution in [-0.2, 0) is 16.1 Å². The highest BCUT2D eigenvalue weighted by Crippen LogP contribution is 2.38. The van der Waals surface area contributed by atoms with E-state index in [1.54, 1.807) is 4.90 Å². The predicted octanol–water partition coefficient (Wildman–Crippen LogP) is 4.31. The summed E-state index contributed by atoms with van der Waals surface area (Å²) < 4.78 is 5.56. The second kappa shape index (κ2) is 8.15. The molecule has 1 aromatic carbocycles. The van der Waals surface area contributed by atoms with Crippen molar-refractivity contribution in [2.75, 3.05) is 5.33 Å². The quantitative estimate of drug-likeness (QED) is 0.715. The van der Waals surface area contributed by atoms with Gasteiger partial charge in [0.1, 0.15) is 6.61 Å². The first kappa shape index (κ1) is 17.5. The Kier molecular flexibility index (Phi) is 5.93. The maximum Gasteiger partial charge on any atom is 0.410 e. The van der Waals surface area contributed by atoms with Crippen LogP contribution in [0.4, 0.5) is 4.79 Å². The van der Waals surface area contributed by atoms with Gasteiger partial charge in [-0.15, -0.1) is 0 Å². The van der Waals surface area contributed by atoms with E-state index in [0.717, 1.165) is 37.7 Å². The minimum Gasteiger partial charge on any atom is -0.445 e. The van der Waals surface area contributed by atoms with Crippen molar-refractivity contribution in [2.45, 2.75) is 57.2 Å². The van der Waals surface area contributed by atoms with E-state index in [1.165, 1.54) is 6.42 Å². The lowest BCUT2D eigenvalue weighted by molar-refractivity contribution is -0.125. The van der Waals surface area contributed by atoms with Gasteiger partial charge in [0.15, 0.2) is 5.78 Å². The number of carbonyl (C=O) groups excluding carboxylic acids is 2. The number of rotatable bonds is 4. The van der Waals surface area contributed by atoms with E-state index >= 15 is 0 Å². The first-order valence-electron chi connectivity index (χ1n) is 8.78. The molecule has 0 radical (unpaired) electrons. The van der Waals surface area contributed by atoms with Crippen LogP contribution in [0.2, 0.25) is 0 Å². The molecule has 1 saturated heterocycles. The number of hydrogen-bond donors (Lipinski definition) is 0. The highest BCUT2D eigenvalue weighted by atomic mass is 79.9. The normalized spacial score (nSPS) is 26.5. The minimum atomic E-state index is -0.341. The first-order chi connectivity index (χ1) is 11.7. The molecule has 2 fully saturated rings. The van der Waals surface area contributed by atoms with Crippen molar-refractivity contribution in [3.63, 3.8) is 0 Å². The van der Waals surface area contributed by atoms with Crippen LogP contribution in [0.3, 0.4) is 0 Å². The summed E-state index contributed by atoms with van der Waals surface area (Å²) >= 11 is 3.26. The summed E-state index contributed by atoms with van der Waals surface area (Å²) in [5.41, 5.74) is 0.964. The summed E-state index contributed by atoms with van der Waals surface area (Å²) in [5, 5.41) is 0.289. The van der Waals surface area contributed by atoms with Crippen LogP contribution >= 0.6 is 15.9 Å². The fraction of sp³-hybridized carbons (Fsp3) is 0.579. The minimum absolute atomic E-state index is 0.0793. The number of carbonyl (C=O) groups is 2. The van der Waals surface area contributed by atoms with Gasteiger partial charge in [0.2, 0.25) is 0 Å². The molecule has 3 rings (SSSR count). The van der Waals surface area contributed by atoms with Crippen LogP contribution in [0.5, 0.6) is 0 Å². The van der Waals surface area contributed by atoms with Crippen LogP contribution < -0.4 is 0 Å². The van der Waals surface area contributed by atoms with E-state index < -0.39 is 0 Å². The van der Waals surface area contributed by atoms with Crippen molar-refractivity contribution in [2.24, 2.45) is 5.92 Å². The Bertz CT molecular complexity index is 577. The molecule has 5 heteroatoms. The van der Waals surface area contributed by atoms with Crippen LogP contribution in [0.15, 0.2) is 30.3 Å². The Balaban J connectivity index is 1.73. The molecular weight excluding hydrogens is 370 g/mol. The highest BCUT2D eigenvalue weighted by Gasteiger charge is 2.44. The Morgan fingerprint density at radius 3 is 2.58 bits per heavy atom. The van der Waals surface area contributed by atoms with Gasteiger partial charge in [-0.2, -0.15) is 0 Å². The van der Waals surface area contributed by atoms with Crippen LogP contribution in [-0.4, -0.2) is 34.2 Å². The molecule has 0 bridgehead atoms. The molecule has 0 spiro atoms. The molecular formula is C19H24BrNO3. The SMILES string of the molecule is O=C(CBr)C1CCC2CCCCC2N1C(=O)OCc1ccccc1. The van der Waals surface area contributed by atoms with Gasteiger partial charge in [0, 0.05) is 6.04 Å². The molecule has 24 heavy (non-hydrogen) atoms. The van der Waals surface area contributed by atoms with Crippen molar-refractivity contribution < 1.29 is 14.3 Å². The van der Waals surface area contributed by atoms with E-state index in [9.17, 15) is 9.59 Å². The zero-order valence-electron chi connectivity index (χ0n) is 13.8. The number of piperidine rings is 1. The smallest absolute Gasteiger partial charge is 0.410 e. The Morgan fingerprint density at radius 1 is 1.08 bits per heavy atom. The second-order valence-corrected chi connectivity index (χ2v) is 7.31. The van der Waals surface area contributed by atoms with E-state index in [0.29, 0.717) is 5.92 Å². The third-order valence-electron chi connectivity index (χ3n) is 5.29. The molecule has 1 aliphatic carbocycles. The van der Waals surface area contributed by atoms with Gasteiger partial charge < -0.3 is 4.74 Å². The Hall–Kier alpha value is -1.36. The lowest BCUT2D eigenvalue weighted by Crippen LogP contribution is -2.57. The Morgan fingerprint density at radius 2 is 1.83 bits per heavy atom. The van der Waals surface area contributed by atoms with Gasteiger partial charge >= 0.3 is 6.09 Å². The lowest BCUT2D eigenvalue weighted by atomic mass is 9.76. The summed E-state index contributed by atoms with van der Waals surface area (Å²) in [4.78, 5) is 26.9. The monoisotopic (exact) mass is 393 g/mol. The third-order valence-corrected chi connectivity index (χ3v) is 5.84. The van der Waals surface area contributed by atoms with E-state index in [-0.39, 0.29) is 35.9 Å². The van der Waals surface area contributed by atoms with Gasteiger partial charge in [-0.25, -0.2) is 4.79 Å². The zero-order valence-corrected chi connectivity index (χ0v) is 15.4. The molecule has 1 heterocycles. The average molecular weight is 394 g/mol. The number of fused-ring (bicyclic) bond motifs is 1. The van der Waals surface area contributed by atoms with Gasteiger partial charge in [-0.1, -0.05) is 59.1 Å². The molecule has 0 N–H and O–H groups in total. The molecule has 4 nitrogen and oxygen atoms in total. The lowest BCUT2D eigenvalue weighted by Gasteiger charge is -2.47. The summed E-state index contributed by atoms with van der Waals surface area (Å²) in [7, 11) is 0. The van der Waals surface area contributed by atoms with Gasteiger partial charge in [-0.3, -0.25) is 9.69 Å². The molecule has 1 aliphatic heterocycles. The van der Waals surface area contributed by atoms with Crippen molar-refractivity contribution in [1.82, 2.24) is 4.90 Å². The Labute approximate surface area is 151 Å². The predicted molar refractivity (Wildman–Crippen MR) is 96.0 cm³/mol. The number of hydrogen-bond acceptors (Lipinski definition) is 3. The molecule has 3 unspecified atom stereocenters. The zero-order chi connectivity index (χ0) is 16.9. The maximum absolute atomic E-state index is 12.8. The number of alkyl halides is 1. The molecule has 130 valence electrons. The van der Waals surface area contributed by atoms with Gasteiger partial charge in [-0.05, 0) is 37.2 Å². The molecule has 1 amide bonds. The second-order valence-electron chi connectivity index (χ2n) is 6.75. The summed E-state index contributed by atoms with van der Waals surface area (Å²) in [5.74, 6) is 0.595. The molecule has 0 aromatic heterocycles. The molecule has 1 aromatic rings. The summed E-state index contributed by atoms with van der Waals surface area (Å²) in [6.45, 7) is 0.253. The van der Waals surface area contributed by atoms with Crippen LogP contribution in [0.1, 0.15) is 44.1 Å². The van der Waals surface area contributed by atoms with Gasteiger partial charge in [0.25, 0.3) is 0 Å². The fourth-order valence-corrected chi connectivity index (χ4v) is 4.47. The van der Waals surface area contributed by atoms with Crippen molar-refractivity contribution >= 4 is 27.8 Å². The first-order valence-corrected chi connectivity index (χ1v) is 9.90. The summed E-state index contributed by atoms with van der Waals surface area (Å²) in [6.07, 6.45) is 5.95. The number of benzene rings is 1. The number of Topliss-reactive ketones (excluding diaryl/α,β-unsaturated/α-hetero) is 1. The number of halogens is 1. The van der Waals surface area contributed by atoms with E-state index in [4.69, 9.17) is 4.74 Å². The van der Waals surface area contributed by atoms with E-state index in [2.05, 4.69) is 15.9 Å². The topological polar surface area (TPSA) is 46.6 Å². The average Bonchev–Trinajstić information content (AvgIpc) is 2.65. The van der Waals surface area contributed by atoms with Gasteiger partial charge in [0.05, 0.1) is 11.4 Å². The molecule has 3 atom stereocenters. The molecule has 1 saturated carbocycles. The maximum atomic E-state index is 12.8. The number of ketones is 1. The number of amides is 1. The number of likely N-dealkylation sites (tertiary alicyclic amines) is 1. The number of nitrogens with zero attached hydrogens (tertiary/aromatic N) is 1. The summed E-state index contributed by atoms with van der Waals surface area (Å²) in [6, 6.07) is 9.49.